The lowest BCUT2D eigenvalue weighted by Crippen LogP contribution is -2.42. The summed E-state index contributed by atoms with van der Waals surface area (Å²) in [6.07, 6.45) is 0. The number of rotatable bonds is 8. The predicted molar refractivity (Wildman–Crippen MR) is 110 cm³/mol. The zero-order valence-corrected chi connectivity index (χ0v) is 16.8. The van der Waals surface area contributed by atoms with E-state index in [1.807, 2.05) is 35.7 Å². The summed E-state index contributed by atoms with van der Waals surface area (Å²) < 4.78 is 5.10. The fourth-order valence-corrected chi connectivity index (χ4v) is 3.32. The van der Waals surface area contributed by atoms with Gasteiger partial charge in [0.1, 0.15) is 5.69 Å². The third-order valence-corrected chi connectivity index (χ3v) is 5.12. The standard InChI is InChI=1S/C21H21N3O4S/c1-2-24(13-19(25)22-12-16-7-5-11-29-16)20(26)14-28-21(27)18-10-9-15-6-3-4-8-17(15)23-18/h3-11H,2,12-14H2,1H3,(H,22,25). The molecule has 0 aliphatic rings. The molecule has 3 aromatic rings. The van der Waals surface area contributed by atoms with Crippen molar-refractivity contribution in [2.45, 2.75) is 13.5 Å². The van der Waals surface area contributed by atoms with E-state index in [-0.39, 0.29) is 18.1 Å². The van der Waals surface area contributed by atoms with E-state index >= 15 is 0 Å². The number of thiophene rings is 1. The molecule has 2 aromatic heterocycles. The number of aromatic nitrogens is 1. The molecule has 0 unspecified atom stereocenters. The van der Waals surface area contributed by atoms with Crippen molar-refractivity contribution in [2.24, 2.45) is 0 Å². The first-order chi connectivity index (χ1) is 14.1. The second kappa shape index (κ2) is 9.79. The van der Waals surface area contributed by atoms with Crippen LogP contribution in [0.2, 0.25) is 0 Å². The zero-order valence-electron chi connectivity index (χ0n) is 16.0. The van der Waals surface area contributed by atoms with Crippen LogP contribution in [0.5, 0.6) is 0 Å². The molecule has 8 heteroatoms. The van der Waals surface area contributed by atoms with Crippen LogP contribution in [-0.4, -0.2) is 47.4 Å². The SMILES string of the molecule is CCN(CC(=O)NCc1cccs1)C(=O)COC(=O)c1ccc2ccccc2n1. The molecule has 1 N–H and O–H groups in total. The second-order valence-electron chi connectivity index (χ2n) is 6.23. The average Bonchev–Trinajstić information content (AvgIpc) is 3.27. The molecular weight excluding hydrogens is 390 g/mol. The normalized spacial score (nSPS) is 10.5. The topological polar surface area (TPSA) is 88.6 Å². The Morgan fingerprint density at radius 3 is 2.69 bits per heavy atom. The number of pyridine rings is 1. The highest BCUT2D eigenvalue weighted by Gasteiger charge is 2.18. The van der Waals surface area contributed by atoms with E-state index in [1.54, 1.807) is 36.5 Å². The molecule has 2 heterocycles. The minimum Gasteiger partial charge on any atom is -0.451 e. The predicted octanol–water partition coefficient (Wildman–Crippen LogP) is 2.62. The summed E-state index contributed by atoms with van der Waals surface area (Å²) >= 11 is 1.55. The largest absolute Gasteiger partial charge is 0.451 e. The second-order valence-corrected chi connectivity index (χ2v) is 7.26. The maximum absolute atomic E-state index is 12.3. The van der Waals surface area contributed by atoms with E-state index in [0.29, 0.717) is 18.6 Å². The number of benzene rings is 1. The van der Waals surface area contributed by atoms with Crippen molar-refractivity contribution < 1.29 is 19.1 Å². The van der Waals surface area contributed by atoms with Crippen LogP contribution in [0, 0.1) is 0 Å². The van der Waals surface area contributed by atoms with Gasteiger partial charge in [0.2, 0.25) is 5.91 Å². The van der Waals surface area contributed by atoms with Gasteiger partial charge in [-0.3, -0.25) is 9.59 Å². The number of hydrogen-bond acceptors (Lipinski definition) is 6. The monoisotopic (exact) mass is 411 g/mol. The summed E-state index contributed by atoms with van der Waals surface area (Å²) in [4.78, 5) is 43.3. The lowest BCUT2D eigenvalue weighted by Gasteiger charge is -2.20. The number of carbonyl (C=O) groups is 3. The zero-order chi connectivity index (χ0) is 20.6. The molecule has 0 radical (unpaired) electrons. The van der Waals surface area contributed by atoms with Crippen molar-refractivity contribution in [2.75, 3.05) is 19.7 Å². The van der Waals surface area contributed by atoms with Crippen LogP contribution in [-0.2, 0) is 20.9 Å². The molecule has 2 amide bonds. The third-order valence-electron chi connectivity index (χ3n) is 4.24. The van der Waals surface area contributed by atoms with Gasteiger partial charge in [-0.15, -0.1) is 11.3 Å². The number of para-hydroxylation sites is 1. The Kier molecular flexibility index (Phi) is 6.91. The molecule has 3 rings (SSSR count). The molecule has 0 saturated carbocycles. The summed E-state index contributed by atoms with van der Waals surface area (Å²) in [5.41, 5.74) is 0.805. The molecular formula is C21H21N3O4S. The van der Waals surface area contributed by atoms with E-state index in [9.17, 15) is 14.4 Å². The fourth-order valence-electron chi connectivity index (χ4n) is 2.68. The van der Waals surface area contributed by atoms with Gasteiger partial charge < -0.3 is 15.0 Å². The number of hydrogen-bond donors (Lipinski definition) is 1. The summed E-state index contributed by atoms with van der Waals surface area (Å²) in [7, 11) is 0. The van der Waals surface area contributed by atoms with Crippen LogP contribution >= 0.6 is 11.3 Å². The van der Waals surface area contributed by atoms with Gasteiger partial charge in [0.25, 0.3) is 5.91 Å². The summed E-state index contributed by atoms with van der Waals surface area (Å²) in [5, 5.41) is 5.61. The van der Waals surface area contributed by atoms with E-state index < -0.39 is 18.5 Å². The average molecular weight is 411 g/mol. The highest BCUT2D eigenvalue weighted by atomic mass is 32.1. The molecule has 1 aromatic carbocycles. The van der Waals surface area contributed by atoms with Crippen molar-refractivity contribution in [1.82, 2.24) is 15.2 Å². The Bertz CT molecular complexity index is 1000. The summed E-state index contributed by atoms with van der Waals surface area (Å²) in [6, 6.07) is 14.6. The quantitative estimate of drug-likeness (QED) is 0.576. The van der Waals surface area contributed by atoms with Crippen molar-refractivity contribution in [3.8, 4) is 0 Å². The molecule has 29 heavy (non-hydrogen) atoms. The highest BCUT2D eigenvalue weighted by molar-refractivity contribution is 7.09. The molecule has 0 bridgehead atoms. The van der Waals surface area contributed by atoms with Gasteiger partial charge in [-0.1, -0.05) is 30.3 Å². The minimum absolute atomic E-state index is 0.0908. The van der Waals surface area contributed by atoms with Gasteiger partial charge in [0, 0.05) is 16.8 Å². The number of ether oxygens (including phenoxy) is 1. The first-order valence-corrected chi connectivity index (χ1v) is 10.0. The third kappa shape index (κ3) is 5.61. The molecule has 150 valence electrons. The molecule has 0 atom stereocenters. The van der Waals surface area contributed by atoms with Gasteiger partial charge in [0.05, 0.1) is 18.6 Å². The highest BCUT2D eigenvalue weighted by Crippen LogP contribution is 2.12. The van der Waals surface area contributed by atoms with Gasteiger partial charge in [0.15, 0.2) is 6.61 Å². The Morgan fingerprint density at radius 2 is 1.93 bits per heavy atom. The Balaban J connectivity index is 1.50. The smallest absolute Gasteiger partial charge is 0.357 e. The Hall–Kier alpha value is -3.26. The number of carbonyl (C=O) groups excluding carboxylic acids is 3. The van der Waals surface area contributed by atoms with Gasteiger partial charge in [-0.25, -0.2) is 9.78 Å². The lowest BCUT2D eigenvalue weighted by molar-refractivity contribution is -0.138. The van der Waals surface area contributed by atoms with Gasteiger partial charge in [-0.05, 0) is 30.5 Å². The molecule has 0 saturated heterocycles. The van der Waals surface area contributed by atoms with E-state index in [2.05, 4.69) is 10.3 Å². The molecule has 0 aliphatic carbocycles. The van der Waals surface area contributed by atoms with Crippen molar-refractivity contribution >= 4 is 40.0 Å². The van der Waals surface area contributed by atoms with Crippen LogP contribution in [0.15, 0.2) is 53.9 Å². The number of nitrogens with one attached hydrogen (secondary N) is 1. The molecule has 0 spiro atoms. The molecule has 0 fully saturated rings. The maximum Gasteiger partial charge on any atom is 0.357 e. The molecule has 7 nitrogen and oxygen atoms in total. The van der Waals surface area contributed by atoms with Gasteiger partial charge in [-0.2, -0.15) is 0 Å². The van der Waals surface area contributed by atoms with Crippen LogP contribution in [0.1, 0.15) is 22.3 Å². The fraction of sp³-hybridized carbons (Fsp3) is 0.238. The van der Waals surface area contributed by atoms with Gasteiger partial charge >= 0.3 is 5.97 Å². The number of likely N-dealkylation sites (N-methyl/N-ethyl adjacent to an activating group) is 1. The molecule has 0 aliphatic heterocycles. The van der Waals surface area contributed by atoms with Crippen molar-refractivity contribution in [1.29, 1.82) is 0 Å². The number of nitrogens with zero attached hydrogens (tertiary/aromatic N) is 2. The van der Waals surface area contributed by atoms with Crippen LogP contribution in [0.25, 0.3) is 10.9 Å². The van der Waals surface area contributed by atoms with Crippen molar-refractivity contribution in [3.63, 3.8) is 0 Å². The number of esters is 1. The minimum atomic E-state index is -0.678. The maximum atomic E-state index is 12.3. The summed E-state index contributed by atoms with van der Waals surface area (Å²) in [6.45, 7) is 1.98. The first kappa shape index (κ1) is 20.5. The lowest BCUT2D eigenvalue weighted by atomic mass is 10.2. The van der Waals surface area contributed by atoms with Crippen LogP contribution in [0.4, 0.5) is 0 Å². The van der Waals surface area contributed by atoms with Crippen LogP contribution in [0.3, 0.4) is 0 Å². The Morgan fingerprint density at radius 1 is 1.10 bits per heavy atom. The Labute approximate surface area is 172 Å². The summed E-state index contributed by atoms with van der Waals surface area (Å²) in [5.74, 6) is -1.38. The number of fused-ring (bicyclic) bond motifs is 1. The van der Waals surface area contributed by atoms with E-state index in [1.165, 1.54) is 4.90 Å². The van der Waals surface area contributed by atoms with Crippen molar-refractivity contribution in [3.05, 3.63) is 64.5 Å². The van der Waals surface area contributed by atoms with E-state index in [4.69, 9.17) is 4.74 Å². The number of amides is 2. The van der Waals surface area contributed by atoms with Crippen LogP contribution < -0.4 is 5.32 Å². The van der Waals surface area contributed by atoms with E-state index in [0.717, 1.165) is 10.3 Å². The first-order valence-electron chi connectivity index (χ1n) is 9.16.